The molecule has 1 atom stereocenters. The van der Waals surface area contributed by atoms with Crippen LogP contribution in [0.3, 0.4) is 0 Å². The van der Waals surface area contributed by atoms with Crippen LogP contribution in [0.2, 0.25) is 0 Å². The molecule has 1 aromatic heterocycles. The molecule has 5 nitrogen and oxygen atoms in total. The van der Waals surface area contributed by atoms with Gasteiger partial charge in [-0.1, -0.05) is 23.8 Å². The van der Waals surface area contributed by atoms with E-state index in [0.29, 0.717) is 18.3 Å². The number of aromatic nitrogens is 2. The highest BCUT2D eigenvalue weighted by Crippen LogP contribution is 2.15. The van der Waals surface area contributed by atoms with E-state index in [4.69, 9.17) is 0 Å². The maximum atomic E-state index is 4.62. The Morgan fingerprint density at radius 1 is 1.71 bits per heavy atom. The van der Waals surface area contributed by atoms with E-state index in [2.05, 4.69) is 31.9 Å². The van der Waals surface area contributed by atoms with Crippen molar-refractivity contribution in [2.75, 3.05) is 12.3 Å². The fourth-order valence-corrected chi connectivity index (χ4v) is 1.98. The maximum absolute atomic E-state index is 4.62. The molecule has 1 aliphatic rings. The number of rotatable bonds is 2. The summed E-state index contributed by atoms with van der Waals surface area (Å²) in [5.41, 5.74) is 0. The molecule has 76 valence electrons. The Hall–Kier alpha value is -1.04. The molecule has 1 N–H and O–H groups in total. The van der Waals surface area contributed by atoms with Crippen LogP contribution in [0.1, 0.15) is 12.7 Å². The Kier molecular flexibility index (Phi) is 3.03. The number of amidine groups is 1. The van der Waals surface area contributed by atoms with Crippen LogP contribution in [-0.4, -0.2) is 27.6 Å². The molecule has 0 aliphatic carbocycles. The number of thioether (sulfide) groups is 1. The van der Waals surface area contributed by atoms with Gasteiger partial charge in [-0.3, -0.25) is 4.99 Å². The molecular weight excluding hydrogens is 200 g/mol. The van der Waals surface area contributed by atoms with E-state index in [1.54, 1.807) is 11.8 Å². The summed E-state index contributed by atoms with van der Waals surface area (Å²) in [6.45, 7) is 3.69. The normalized spacial score (nSPS) is 21.8. The van der Waals surface area contributed by atoms with Gasteiger partial charge in [0.05, 0.1) is 6.54 Å². The van der Waals surface area contributed by atoms with Crippen LogP contribution in [-0.2, 0) is 6.54 Å². The molecular formula is C8H12N4OS. The smallest absolute Gasteiger partial charge is 0.213 e. The molecule has 2 rings (SSSR count). The molecule has 0 spiro atoms. The molecule has 6 heteroatoms. The van der Waals surface area contributed by atoms with Crippen LogP contribution in [0.25, 0.3) is 0 Å². The van der Waals surface area contributed by atoms with Crippen molar-refractivity contribution in [3.05, 3.63) is 12.2 Å². The zero-order valence-corrected chi connectivity index (χ0v) is 8.75. The molecule has 0 saturated carbocycles. The summed E-state index contributed by atoms with van der Waals surface area (Å²) < 4.78 is 4.62. The Balaban J connectivity index is 1.81. The molecule has 1 aromatic rings. The summed E-state index contributed by atoms with van der Waals surface area (Å²) in [5.74, 6) is 2.46. The zero-order valence-electron chi connectivity index (χ0n) is 7.93. The molecule has 0 bridgehead atoms. The predicted octanol–water partition coefficient (Wildman–Crippen LogP) is 0.898. The van der Waals surface area contributed by atoms with Gasteiger partial charge in [-0.15, -0.1) is 0 Å². The van der Waals surface area contributed by atoms with E-state index in [-0.39, 0.29) is 0 Å². The molecule has 0 fully saturated rings. The molecule has 1 aliphatic heterocycles. The lowest BCUT2D eigenvalue weighted by molar-refractivity contribution is 0.409. The largest absolute Gasteiger partial charge is 0.357 e. The number of nitrogens with zero attached hydrogens (tertiary/aromatic N) is 3. The van der Waals surface area contributed by atoms with E-state index >= 15 is 0 Å². The highest BCUT2D eigenvalue weighted by Gasteiger charge is 2.11. The van der Waals surface area contributed by atoms with Crippen LogP contribution in [0.15, 0.2) is 15.9 Å². The van der Waals surface area contributed by atoms with E-state index in [1.165, 1.54) is 6.39 Å². The average molecular weight is 212 g/mol. The number of hydrogen-bond donors (Lipinski definition) is 1. The molecule has 0 radical (unpaired) electrons. The summed E-state index contributed by atoms with van der Waals surface area (Å²) in [4.78, 5) is 8.30. The second-order valence-electron chi connectivity index (χ2n) is 3.26. The van der Waals surface area contributed by atoms with Gasteiger partial charge in [0.1, 0.15) is 0 Å². The van der Waals surface area contributed by atoms with Gasteiger partial charge in [-0.05, 0) is 5.92 Å². The van der Waals surface area contributed by atoms with Crippen molar-refractivity contribution >= 4 is 16.9 Å². The van der Waals surface area contributed by atoms with Crippen LogP contribution in [0.4, 0.5) is 0 Å². The first kappa shape index (κ1) is 9.51. The predicted molar refractivity (Wildman–Crippen MR) is 55.1 cm³/mol. The van der Waals surface area contributed by atoms with Gasteiger partial charge in [0.2, 0.25) is 6.39 Å². The lowest BCUT2D eigenvalue weighted by Gasteiger charge is -2.16. The van der Waals surface area contributed by atoms with Gasteiger partial charge in [0.15, 0.2) is 11.0 Å². The molecule has 0 aromatic carbocycles. The van der Waals surface area contributed by atoms with Gasteiger partial charge in [-0.2, -0.15) is 4.98 Å². The van der Waals surface area contributed by atoms with Crippen molar-refractivity contribution in [2.45, 2.75) is 13.5 Å². The molecule has 14 heavy (non-hydrogen) atoms. The third kappa shape index (κ3) is 2.47. The van der Waals surface area contributed by atoms with Gasteiger partial charge in [-0.25, -0.2) is 0 Å². The standard InChI is InChI=1S/C8H12N4OS/c1-6-2-9-8(14-4-6)10-3-7-11-5-13-12-7/h5-6H,2-4H2,1H3,(H,9,10). The first-order chi connectivity index (χ1) is 6.84. The summed E-state index contributed by atoms with van der Waals surface area (Å²) in [6, 6.07) is 0. The van der Waals surface area contributed by atoms with Crippen LogP contribution in [0, 0.1) is 5.92 Å². The molecule has 2 heterocycles. The third-order valence-electron chi connectivity index (χ3n) is 1.86. The SMILES string of the molecule is CC1CN=C(NCc2ncon2)SC1. The number of aliphatic imine (C=N–C) groups is 1. The van der Waals surface area contributed by atoms with Crippen molar-refractivity contribution < 1.29 is 4.52 Å². The summed E-state index contributed by atoms with van der Waals surface area (Å²) in [5, 5.41) is 7.85. The van der Waals surface area contributed by atoms with Crippen molar-refractivity contribution in [1.29, 1.82) is 0 Å². The number of hydrogen-bond acceptors (Lipinski definition) is 6. The summed E-state index contributed by atoms with van der Waals surface area (Å²) in [7, 11) is 0. The summed E-state index contributed by atoms with van der Waals surface area (Å²) >= 11 is 1.75. The third-order valence-corrected chi connectivity index (χ3v) is 3.14. The lowest BCUT2D eigenvalue weighted by atomic mass is 10.2. The Bertz CT molecular complexity index is 311. The zero-order chi connectivity index (χ0) is 9.80. The van der Waals surface area contributed by atoms with Crippen LogP contribution < -0.4 is 5.32 Å². The van der Waals surface area contributed by atoms with Crippen LogP contribution in [0.5, 0.6) is 0 Å². The quantitative estimate of drug-likeness (QED) is 0.789. The van der Waals surface area contributed by atoms with Gasteiger partial charge < -0.3 is 9.84 Å². The highest BCUT2D eigenvalue weighted by molar-refractivity contribution is 8.13. The Morgan fingerprint density at radius 3 is 3.29 bits per heavy atom. The van der Waals surface area contributed by atoms with Gasteiger partial charge in [0, 0.05) is 12.3 Å². The maximum Gasteiger partial charge on any atom is 0.213 e. The van der Waals surface area contributed by atoms with E-state index in [9.17, 15) is 0 Å². The van der Waals surface area contributed by atoms with Crippen molar-refractivity contribution in [1.82, 2.24) is 15.5 Å². The average Bonchev–Trinajstić information content (AvgIpc) is 2.70. The van der Waals surface area contributed by atoms with Crippen LogP contribution >= 0.6 is 11.8 Å². The summed E-state index contributed by atoms with van der Waals surface area (Å²) in [6.07, 6.45) is 1.33. The van der Waals surface area contributed by atoms with Gasteiger partial charge in [0.25, 0.3) is 0 Å². The molecule has 1 unspecified atom stereocenters. The van der Waals surface area contributed by atoms with Crippen molar-refractivity contribution in [3.63, 3.8) is 0 Å². The van der Waals surface area contributed by atoms with E-state index < -0.39 is 0 Å². The minimum atomic E-state index is 0.580. The Labute approximate surface area is 86.4 Å². The topological polar surface area (TPSA) is 63.3 Å². The van der Waals surface area contributed by atoms with Gasteiger partial charge >= 0.3 is 0 Å². The molecule has 0 amide bonds. The minimum absolute atomic E-state index is 0.580. The highest BCUT2D eigenvalue weighted by atomic mass is 32.2. The van der Waals surface area contributed by atoms with E-state index in [1.807, 2.05) is 0 Å². The van der Waals surface area contributed by atoms with Crippen molar-refractivity contribution in [3.8, 4) is 0 Å². The lowest BCUT2D eigenvalue weighted by Crippen LogP contribution is -2.26. The first-order valence-corrected chi connectivity index (χ1v) is 5.49. The Morgan fingerprint density at radius 2 is 2.64 bits per heavy atom. The van der Waals surface area contributed by atoms with E-state index in [0.717, 1.165) is 17.5 Å². The number of nitrogens with one attached hydrogen (secondary N) is 1. The second kappa shape index (κ2) is 4.45. The fourth-order valence-electron chi connectivity index (χ4n) is 1.09. The van der Waals surface area contributed by atoms with Crippen molar-refractivity contribution in [2.24, 2.45) is 10.9 Å². The second-order valence-corrected chi connectivity index (χ2v) is 4.27. The minimum Gasteiger partial charge on any atom is -0.357 e. The molecule has 0 saturated heterocycles. The monoisotopic (exact) mass is 212 g/mol. The first-order valence-electron chi connectivity index (χ1n) is 4.51. The fraction of sp³-hybridized carbons (Fsp3) is 0.625.